The second-order valence-electron chi connectivity index (χ2n) is 6.80. The van der Waals surface area contributed by atoms with Gasteiger partial charge in [-0.25, -0.2) is 4.79 Å². The van der Waals surface area contributed by atoms with Gasteiger partial charge in [0.25, 0.3) is 11.8 Å². The quantitative estimate of drug-likeness (QED) is 0.614. The van der Waals surface area contributed by atoms with Crippen molar-refractivity contribution in [2.45, 2.75) is 32.8 Å². The second-order valence-corrected chi connectivity index (χ2v) is 6.80. The first-order chi connectivity index (χ1) is 12.2. The van der Waals surface area contributed by atoms with Crippen LogP contribution in [0.2, 0.25) is 0 Å². The fraction of sp³-hybridized carbons (Fsp3) is 0.500. The SMILES string of the molecule is COc1cc2c(cc1OC)C(=O)N(CCCNC(=O)OC(C)(C)C)C2=O. The van der Waals surface area contributed by atoms with Crippen LogP contribution in [0.25, 0.3) is 0 Å². The van der Waals surface area contributed by atoms with Gasteiger partial charge in [0.2, 0.25) is 0 Å². The van der Waals surface area contributed by atoms with Crippen LogP contribution in [0.3, 0.4) is 0 Å². The van der Waals surface area contributed by atoms with Gasteiger partial charge >= 0.3 is 6.09 Å². The molecular weight excluding hydrogens is 340 g/mol. The number of nitrogens with one attached hydrogen (secondary N) is 1. The number of fused-ring (bicyclic) bond motifs is 1. The first kappa shape index (κ1) is 19.6. The molecule has 0 fully saturated rings. The van der Waals surface area contributed by atoms with E-state index in [9.17, 15) is 14.4 Å². The summed E-state index contributed by atoms with van der Waals surface area (Å²) in [5, 5.41) is 2.60. The van der Waals surface area contributed by atoms with Crippen LogP contribution in [0.5, 0.6) is 11.5 Å². The molecule has 8 heteroatoms. The average Bonchev–Trinajstić information content (AvgIpc) is 2.79. The molecule has 0 atom stereocenters. The summed E-state index contributed by atoms with van der Waals surface area (Å²) in [7, 11) is 2.93. The fourth-order valence-electron chi connectivity index (χ4n) is 2.56. The molecule has 1 heterocycles. The maximum Gasteiger partial charge on any atom is 0.407 e. The van der Waals surface area contributed by atoms with E-state index in [0.29, 0.717) is 17.9 Å². The summed E-state index contributed by atoms with van der Waals surface area (Å²) < 4.78 is 15.5. The molecule has 0 unspecified atom stereocenters. The molecule has 0 saturated carbocycles. The summed E-state index contributed by atoms with van der Waals surface area (Å²) in [5.74, 6) is 0.00753. The third kappa shape index (κ3) is 4.25. The van der Waals surface area contributed by atoms with Crippen LogP contribution in [-0.4, -0.2) is 55.7 Å². The lowest BCUT2D eigenvalue weighted by Crippen LogP contribution is -2.36. The summed E-state index contributed by atoms with van der Waals surface area (Å²) in [6, 6.07) is 3.01. The van der Waals surface area contributed by atoms with Crippen molar-refractivity contribution in [2.75, 3.05) is 27.3 Å². The van der Waals surface area contributed by atoms with Crippen molar-refractivity contribution in [1.29, 1.82) is 0 Å². The summed E-state index contributed by atoms with van der Waals surface area (Å²) in [4.78, 5) is 37.7. The highest BCUT2D eigenvalue weighted by atomic mass is 16.6. The van der Waals surface area contributed by atoms with Gasteiger partial charge in [0.15, 0.2) is 11.5 Å². The highest BCUT2D eigenvalue weighted by Crippen LogP contribution is 2.34. The van der Waals surface area contributed by atoms with E-state index in [2.05, 4.69) is 5.32 Å². The summed E-state index contributed by atoms with van der Waals surface area (Å²) in [6.07, 6.45) is -0.117. The zero-order valence-corrected chi connectivity index (χ0v) is 15.7. The van der Waals surface area contributed by atoms with Crippen molar-refractivity contribution in [3.8, 4) is 11.5 Å². The number of benzene rings is 1. The van der Waals surface area contributed by atoms with Gasteiger partial charge < -0.3 is 19.5 Å². The van der Waals surface area contributed by atoms with Crippen LogP contribution in [0, 0.1) is 0 Å². The van der Waals surface area contributed by atoms with Crippen molar-refractivity contribution < 1.29 is 28.6 Å². The molecular formula is C18H24N2O6. The number of alkyl carbamates (subject to hydrolysis) is 1. The van der Waals surface area contributed by atoms with Gasteiger partial charge in [-0.3, -0.25) is 14.5 Å². The van der Waals surface area contributed by atoms with Crippen LogP contribution >= 0.6 is 0 Å². The van der Waals surface area contributed by atoms with Gasteiger partial charge in [-0.15, -0.1) is 0 Å². The Kier molecular flexibility index (Phi) is 5.74. The van der Waals surface area contributed by atoms with E-state index in [4.69, 9.17) is 14.2 Å². The molecule has 142 valence electrons. The molecule has 0 saturated heterocycles. The highest BCUT2D eigenvalue weighted by Gasteiger charge is 2.36. The van der Waals surface area contributed by atoms with Crippen LogP contribution in [-0.2, 0) is 4.74 Å². The van der Waals surface area contributed by atoms with Crippen LogP contribution in [0.15, 0.2) is 12.1 Å². The number of carbonyl (C=O) groups excluding carboxylic acids is 3. The Hall–Kier alpha value is -2.77. The summed E-state index contributed by atoms with van der Waals surface area (Å²) >= 11 is 0. The number of hydrogen-bond acceptors (Lipinski definition) is 6. The maximum atomic E-state index is 12.5. The smallest absolute Gasteiger partial charge is 0.407 e. The predicted octanol–water partition coefficient (Wildman–Crippen LogP) is 2.21. The third-order valence-corrected chi connectivity index (χ3v) is 3.70. The Morgan fingerprint density at radius 2 is 1.54 bits per heavy atom. The number of amides is 3. The topological polar surface area (TPSA) is 94.2 Å². The number of ether oxygens (including phenoxy) is 3. The average molecular weight is 364 g/mol. The Morgan fingerprint density at radius 1 is 1.04 bits per heavy atom. The van der Waals surface area contributed by atoms with Crippen LogP contribution in [0.1, 0.15) is 47.9 Å². The molecule has 0 spiro atoms. The number of nitrogens with zero attached hydrogens (tertiary/aromatic N) is 1. The molecule has 1 aromatic carbocycles. The van der Waals surface area contributed by atoms with Crippen molar-refractivity contribution in [2.24, 2.45) is 0 Å². The zero-order valence-electron chi connectivity index (χ0n) is 15.7. The van der Waals surface area contributed by atoms with E-state index in [1.54, 1.807) is 20.8 Å². The highest BCUT2D eigenvalue weighted by molar-refractivity contribution is 6.21. The number of hydrogen-bond donors (Lipinski definition) is 1. The molecule has 1 aliphatic heterocycles. The lowest BCUT2D eigenvalue weighted by molar-refractivity contribution is 0.0526. The molecule has 1 N–H and O–H groups in total. The van der Waals surface area contributed by atoms with Gasteiger partial charge in [-0.2, -0.15) is 0 Å². The van der Waals surface area contributed by atoms with E-state index in [1.165, 1.54) is 26.4 Å². The Morgan fingerprint density at radius 3 is 1.96 bits per heavy atom. The first-order valence-corrected chi connectivity index (χ1v) is 8.27. The molecule has 0 aromatic heterocycles. The third-order valence-electron chi connectivity index (χ3n) is 3.70. The minimum absolute atomic E-state index is 0.187. The fourth-order valence-corrected chi connectivity index (χ4v) is 2.56. The minimum Gasteiger partial charge on any atom is -0.493 e. The number of imide groups is 1. The Balaban J connectivity index is 1.97. The number of carbonyl (C=O) groups is 3. The maximum absolute atomic E-state index is 12.5. The van der Waals surface area contributed by atoms with Crippen molar-refractivity contribution >= 4 is 17.9 Å². The lowest BCUT2D eigenvalue weighted by atomic mass is 10.1. The molecule has 1 aromatic rings. The molecule has 8 nitrogen and oxygen atoms in total. The monoisotopic (exact) mass is 364 g/mol. The van der Waals surface area contributed by atoms with E-state index in [0.717, 1.165) is 4.90 Å². The second kappa shape index (κ2) is 7.63. The van der Waals surface area contributed by atoms with E-state index >= 15 is 0 Å². The van der Waals surface area contributed by atoms with E-state index in [1.807, 2.05) is 0 Å². The van der Waals surface area contributed by atoms with Gasteiger partial charge in [-0.1, -0.05) is 0 Å². The largest absolute Gasteiger partial charge is 0.493 e. The summed E-state index contributed by atoms with van der Waals surface area (Å²) in [5.41, 5.74) is -0.00874. The van der Waals surface area contributed by atoms with E-state index in [-0.39, 0.29) is 36.0 Å². The van der Waals surface area contributed by atoms with E-state index < -0.39 is 11.7 Å². The summed E-state index contributed by atoms with van der Waals surface area (Å²) in [6.45, 7) is 5.79. The minimum atomic E-state index is -0.579. The zero-order chi connectivity index (χ0) is 19.5. The first-order valence-electron chi connectivity index (χ1n) is 8.27. The predicted molar refractivity (Wildman–Crippen MR) is 93.8 cm³/mol. The number of rotatable bonds is 6. The van der Waals surface area contributed by atoms with Gasteiger partial charge in [0.05, 0.1) is 25.3 Å². The Bertz CT molecular complexity index is 680. The molecule has 2 rings (SSSR count). The van der Waals surface area contributed by atoms with Crippen LogP contribution < -0.4 is 14.8 Å². The molecule has 0 bridgehead atoms. The van der Waals surface area contributed by atoms with Gasteiger partial charge in [0.1, 0.15) is 5.60 Å². The molecule has 26 heavy (non-hydrogen) atoms. The molecule has 1 aliphatic rings. The molecule has 3 amide bonds. The van der Waals surface area contributed by atoms with Crippen molar-refractivity contribution in [3.63, 3.8) is 0 Å². The van der Waals surface area contributed by atoms with Crippen LogP contribution in [0.4, 0.5) is 4.79 Å². The lowest BCUT2D eigenvalue weighted by Gasteiger charge is -2.20. The number of methoxy groups -OCH3 is 2. The molecule has 0 radical (unpaired) electrons. The van der Waals surface area contributed by atoms with Crippen molar-refractivity contribution in [1.82, 2.24) is 10.2 Å². The normalized spacial score (nSPS) is 13.5. The van der Waals surface area contributed by atoms with Gasteiger partial charge in [-0.05, 0) is 39.3 Å². The standard InChI is InChI=1S/C18H24N2O6/c1-18(2,3)26-17(23)19-7-6-8-20-15(21)11-9-13(24-4)14(25-5)10-12(11)16(20)22/h9-10H,6-8H2,1-5H3,(H,19,23). The van der Waals surface area contributed by atoms with Crippen molar-refractivity contribution in [3.05, 3.63) is 23.3 Å². The Labute approximate surface area is 152 Å². The van der Waals surface area contributed by atoms with Gasteiger partial charge in [0, 0.05) is 13.1 Å². The molecule has 0 aliphatic carbocycles.